The van der Waals surface area contributed by atoms with Gasteiger partial charge in [-0.05, 0) is 25.9 Å². The molecule has 1 aliphatic heterocycles. The average molecular weight is 166 g/mol. The summed E-state index contributed by atoms with van der Waals surface area (Å²) in [6.07, 6.45) is 2.78. The van der Waals surface area contributed by atoms with Crippen molar-refractivity contribution in [1.82, 2.24) is 5.32 Å². The third-order valence-corrected chi connectivity index (χ3v) is 0.957. The zero-order chi connectivity index (χ0) is 8.04. The van der Waals surface area contributed by atoms with Gasteiger partial charge in [-0.15, -0.1) is 0 Å². The normalized spacial score (nSPS) is 16.4. The van der Waals surface area contributed by atoms with Crippen molar-refractivity contribution in [3.05, 3.63) is 0 Å². The summed E-state index contributed by atoms with van der Waals surface area (Å²) in [5, 5.41) is 3.22. The van der Waals surface area contributed by atoms with E-state index in [9.17, 15) is 17.3 Å². The van der Waals surface area contributed by atoms with E-state index in [4.69, 9.17) is 0 Å². The van der Waals surface area contributed by atoms with E-state index in [1.807, 2.05) is 0 Å². The molecule has 1 fully saturated rings. The Bertz CT molecular complexity index is 71.0. The Morgan fingerprint density at radius 3 is 1.27 bits per heavy atom. The van der Waals surface area contributed by atoms with Crippen LogP contribution < -0.4 is 5.32 Å². The summed E-state index contributed by atoms with van der Waals surface area (Å²) in [5.74, 6) is 0. The molecule has 1 saturated heterocycles. The van der Waals surface area contributed by atoms with Gasteiger partial charge in [-0.25, -0.2) is 0 Å². The van der Waals surface area contributed by atoms with Crippen LogP contribution in [0.5, 0.6) is 0 Å². The Morgan fingerprint density at radius 2 is 1.18 bits per heavy atom. The second-order valence-electron chi connectivity index (χ2n) is 1.95. The molecule has 0 aromatic heterocycles. The Labute approximate surface area is 75.2 Å². The van der Waals surface area contributed by atoms with Crippen LogP contribution >= 0.6 is 0 Å². The molecule has 0 aliphatic carbocycles. The van der Waals surface area contributed by atoms with Crippen LogP contribution in [-0.4, -0.2) is 39.2 Å². The molecule has 1 rings (SSSR count). The van der Waals surface area contributed by atoms with Gasteiger partial charge >= 0.3 is 26.1 Å². The van der Waals surface area contributed by atoms with Gasteiger partial charge in [0.25, 0.3) is 0 Å². The monoisotopic (exact) mass is 166 g/mol. The van der Waals surface area contributed by atoms with Gasteiger partial charge in [0, 0.05) is 0 Å². The zero-order valence-electron chi connectivity index (χ0n) is 5.42. The Kier molecular flexibility index (Phi) is 8.87. The van der Waals surface area contributed by atoms with Crippen LogP contribution in [0.4, 0.5) is 17.3 Å². The fraction of sp³-hybridized carbons (Fsp3) is 1.00. The van der Waals surface area contributed by atoms with Crippen LogP contribution in [0.1, 0.15) is 12.8 Å². The molecule has 0 radical (unpaired) electrons. The molecule has 1 heterocycles. The first-order valence-corrected chi connectivity index (χ1v) is 3.08. The van der Waals surface area contributed by atoms with Crippen molar-refractivity contribution in [2.45, 2.75) is 12.8 Å². The van der Waals surface area contributed by atoms with E-state index < -0.39 is 7.25 Å². The summed E-state index contributed by atoms with van der Waals surface area (Å²) in [6, 6.07) is 0. The first-order chi connectivity index (χ1) is 4.50. The standard InChI is InChI=1S/C4H9N.BF4.Li.H/c1-2-4-5-3-1;2-1(3,4)5;;/h5H,1-4H2;;;/q;-1;;. The predicted molar refractivity (Wildman–Crippen MR) is 39.4 cm³/mol. The van der Waals surface area contributed by atoms with E-state index in [1.165, 1.54) is 25.9 Å². The molecule has 0 spiro atoms. The molecule has 0 unspecified atom stereocenters. The van der Waals surface area contributed by atoms with Crippen molar-refractivity contribution in [1.29, 1.82) is 0 Å². The van der Waals surface area contributed by atoms with E-state index in [-0.39, 0.29) is 18.9 Å². The van der Waals surface area contributed by atoms with Gasteiger partial charge in [0.2, 0.25) is 0 Å². The number of hydrogen-bond donors (Lipinski definition) is 1. The van der Waals surface area contributed by atoms with Gasteiger partial charge in [-0.3, -0.25) is 0 Å². The fourth-order valence-corrected chi connectivity index (χ4v) is 0.625. The zero-order valence-corrected chi connectivity index (χ0v) is 5.42. The second kappa shape index (κ2) is 7.02. The summed E-state index contributed by atoms with van der Waals surface area (Å²) in [6.45, 7) is 2.50. The fourth-order valence-electron chi connectivity index (χ4n) is 0.625. The Hall–Kier alpha value is 0.342. The van der Waals surface area contributed by atoms with Crippen molar-refractivity contribution in [3.63, 3.8) is 0 Å². The predicted octanol–water partition coefficient (Wildman–Crippen LogP) is 1.02. The first-order valence-electron chi connectivity index (χ1n) is 3.08. The molecule has 0 bridgehead atoms. The van der Waals surface area contributed by atoms with Crippen LogP contribution in [0.25, 0.3) is 0 Å². The van der Waals surface area contributed by atoms with Gasteiger partial charge in [-0.1, -0.05) is 0 Å². The maximum absolute atomic E-state index is 9.75. The topological polar surface area (TPSA) is 12.0 Å². The third-order valence-electron chi connectivity index (χ3n) is 0.957. The molecule has 0 aromatic carbocycles. The minimum atomic E-state index is -6.00. The number of halogens is 4. The molecule has 0 aromatic rings. The second-order valence-corrected chi connectivity index (χ2v) is 1.95. The summed E-state index contributed by atoms with van der Waals surface area (Å²) < 4.78 is 39.0. The number of rotatable bonds is 0. The van der Waals surface area contributed by atoms with E-state index >= 15 is 0 Å². The van der Waals surface area contributed by atoms with Crippen LogP contribution in [0.15, 0.2) is 0 Å². The van der Waals surface area contributed by atoms with Gasteiger partial charge in [-0.2, -0.15) is 0 Å². The van der Waals surface area contributed by atoms with Crippen LogP contribution in [0, 0.1) is 0 Å². The molecule has 0 atom stereocenters. The van der Waals surface area contributed by atoms with E-state index in [2.05, 4.69) is 5.32 Å². The van der Waals surface area contributed by atoms with Crippen molar-refractivity contribution < 1.29 is 17.3 Å². The molecular weight excluding hydrogens is 156 g/mol. The summed E-state index contributed by atoms with van der Waals surface area (Å²) in [7, 11) is -6.00. The van der Waals surface area contributed by atoms with Crippen molar-refractivity contribution >= 4 is 26.1 Å². The molecule has 1 N–H and O–H groups in total. The summed E-state index contributed by atoms with van der Waals surface area (Å²) in [4.78, 5) is 0. The van der Waals surface area contributed by atoms with Gasteiger partial charge in [0.1, 0.15) is 0 Å². The molecule has 0 saturated carbocycles. The van der Waals surface area contributed by atoms with Crippen LogP contribution in [0.3, 0.4) is 0 Å². The van der Waals surface area contributed by atoms with Crippen LogP contribution in [-0.2, 0) is 0 Å². The van der Waals surface area contributed by atoms with Crippen molar-refractivity contribution in [2.75, 3.05) is 13.1 Å². The minimum absolute atomic E-state index is 0. The van der Waals surface area contributed by atoms with Crippen LogP contribution in [0.2, 0.25) is 0 Å². The quantitative estimate of drug-likeness (QED) is 0.418. The molecule has 0 amide bonds. The molecule has 1 nitrogen and oxygen atoms in total. The molecule has 64 valence electrons. The van der Waals surface area contributed by atoms with Gasteiger partial charge < -0.3 is 22.6 Å². The summed E-state index contributed by atoms with van der Waals surface area (Å²) >= 11 is 0. The first kappa shape index (κ1) is 13.9. The molecular formula is C4H10BF4LiN-. The molecule has 11 heavy (non-hydrogen) atoms. The summed E-state index contributed by atoms with van der Waals surface area (Å²) in [5.41, 5.74) is 0. The van der Waals surface area contributed by atoms with Crippen molar-refractivity contribution in [3.8, 4) is 0 Å². The van der Waals surface area contributed by atoms with Gasteiger partial charge in [0.05, 0.1) is 0 Å². The number of hydrogen-bond acceptors (Lipinski definition) is 1. The van der Waals surface area contributed by atoms with Gasteiger partial charge in [0.15, 0.2) is 0 Å². The Morgan fingerprint density at radius 1 is 0.909 bits per heavy atom. The van der Waals surface area contributed by atoms with E-state index in [1.54, 1.807) is 0 Å². The third kappa shape index (κ3) is 25.2. The number of nitrogens with one attached hydrogen (secondary N) is 1. The SMILES string of the molecule is C1CCNC1.F[B-](F)(F)F.[LiH]. The maximum atomic E-state index is 9.75. The average Bonchev–Trinajstić information content (AvgIpc) is 2.07. The van der Waals surface area contributed by atoms with E-state index in [0.29, 0.717) is 0 Å². The van der Waals surface area contributed by atoms with E-state index in [0.717, 1.165) is 0 Å². The molecule has 1 aliphatic rings. The molecule has 7 heteroatoms. The Balaban J connectivity index is 0. The van der Waals surface area contributed by atoms with Crippen molar-refractivity contribution in [2.24, 2.45) is 0 Å².